The number of aliphatic hydroxyl groups is 1. The standard InChI is InChI=1S/C16H24ClNO2/c1-12(13-4-2-3-5-13)18-10-15(19)11-20-16-8-6-14(17)7-9-16/h6-9,12-13,15,18-19H,2-5,10-11H2,1H3. The lowest BCUT2D eigenvalue weighted by Crippen LogP contribution is -2.39. The van der Waals surface area contributed by atoms with Crippen LogP contribution >= 0.6 is 11.6 Å². The number of ether oxygens (including phenoxy) is 1. The van der Waals surface area contributed by atoms with Crippen molar-refractivity contribution in [3.05, 3.63) is 29.3 Å². The fourth-order valence-corrected chi connectivity index (χ4v) is 2.85. The Balaban J connectivity index is 1.64. The monoisotopic (exact) mass is 297 g/mol. The Morgan fingerprint density at radius 2 is 1.95 bits per heavy atom. The Bertz CT molecular complexity index is 390. The minimum absolute atomic E-state index is 0.298. The van der Waals surface area contributed by atoms with Crippen LogP contribution in [-0.2, 0) is 0 Å². The summed E-state index contributed by atoms with van der Waals surface area (Å²) in [5.41, 5.74) is 0. The molecule has 1 aromatic rings. The normalized spacial score (nSPS) is 18.9. The zero-order valence-electron chi connectivity index (χ0n) is 12.0. The van der Waals surface area contributed by atoms with E-state index in [0.29, 0.717) is 24.2 Å². The fraction of sp³-hybridized carbons (Fsp3) is 0.625. The van der Waals surface area contributed by atoms with Crippen LogP contribution in [0, 0.1) is 5.92 Å². The van der Waals surface area contributed by atoms with Crippen molar-refractivity contribution in [2.75, 3.05) is 13.2 Å². The lowest BCUT2D eigenvalue weighted by Gasteiger charge is -2.22. The van der Waals surface area contributed by atoms with Crippen LogP contribution in [0.2, 0.25) is 5.02 Å². The molecule has 0 heterocycles. The third-order valence-corrected chi connectivity index (χ3v) is 4.29. The summed E-state index contributed by atoms with van der Waals surface area (Å²) in [6.45, 7) is 3.08. The van der Waals surface area contributed by atoms with Crippen molar-refractivity contribution in [2.45, 2.75) is 44.8 Å². The van der Waals surface area contributed by atoms with Gasteiger partial charge < -0.3 is 15.2 Å². The van der Waals surface area contributed by atoms with Crippen LogP contribution in [0.1, 0.15) is 32.6 Å². The molecule has 2 N–H and O–H groups in total. The van der Waals surface area contributed by atoms with Gasteiger partial charge in [-0.1, -0.05) is 24.4 Å². The Morgan fingerprint density at radius 3 is 2.60 bits per heavy atom. The Morgan fingerprint density at radius 1 is 1.30 bits per heavy atom. The third kappa shape index (κ3) is 4.97. The maximum Gasteiger partial charge on any atom is 0.119 e. The predicted molar refractivity (Wildman–Crippen MR) is 82.4 cm³/mol. The number of benzene rings is 1. The van der Waals surface area contributed by atoms with E-state index in [1.807, 2.05) is 12.1 Å². The summed E-state index contributed by atoms with van der Waals surface area (Å²) in [5, 5.41) is 14.0. The quantitative estimate of drug-likeness (QED) is 0.812. The van der Waals surface area contributed by atoms with E-state index < -0.39 is 6.10 Å². The van der Waals surface area contributed by atoms with Gasteiger partial charge in [-0.2, -0.15) is 0 Å². The number of rotatable bonds is 7. The van der Waals surface area contributed by atoms with E-state index in [9.17, 15) is 5.11 Å². The van der Waals surface area contributed by atoms with Gasteiger partial charge in [-0.3, -0.25) is 0 Å². The van der Waals surface area contributed by atoms with Crippen LogP contribution in [0.25, 0.3) is 0 Å². The molecule has 0 saturated heterocycles. The molecule has 0 aliphatic heterocycles. The molecule has 0 amide bonds. The van der Waals surface area contributed by atoms with Crippen LogP contribution < -0.4 is 10.1 Å². The number of halogens is 1. The van der Waals surface area contributed by atoms with Crippen LogP contribution in [-0.4, -0.2) is 30.4 Å². The van der Waals surface area contributed by atoms with E-state index in [-0.39, 0.29) is 0 Å². The van der Waals surface area contributed by atoms with Crippen molar-refractivity contribution < 1.29 is 9.84 Å². The van der Waals surface area contributed by atoms with Crippen molar-refractivity contribution in [3.8, 4) is 5.75 Å². The highest BCUT2D eigenvalue weighted by Crippen LogP contribution is 2.27. The summed E-state index contributed by atoms with van der Waals surface area (Å²) in [4.78, 5) is 0. The number of nitrogens with one attached hydrogen (secondary N) is 1. The first kappa shape index (κ1) is 15.6. The molecule has 0 radical (unpaired) electrons. The van der Waals surface area contributed by atoms with Crippen LogP contribution in [0.15, 0.2) is 24.3 Å². The first-order valence-corrected chi connectivity index (χ1v) is 7.83. The summed E-state index contributed by atoms with van der Waals surface area (Å²) in [6.07, 6.45) is 4.82. The summed E-state index contributed by atoms with van der Waals surface area (Å²) in [5.74, 6) is 1.50. The zero-order chi connectivity index (χ0) is 14.4. The van der Waals surface area contributed by atoms with Crippen molar-refractivity contribution in [1.29, 1.82) is 0 Å². The highest BCUT2D eigenvalue weighted by atomic mass is 35.5. The average Bonchev–Trinajstić information content (AvgIpc) is 2.98. The first-order chi connectivity index (χ1) is 9.65. The summed E-state index contributed by atoms with van der Waals surface area (Å²) >= 11 is 5.81. The number of hydrogen-bond donors (Lipinski definition) is 2. The smallest absolute Gasteiger partial charge is 0.119 e. The van der Waals surface area contributed by atoms with Crippen LogP contribution in [0.4, 0.5) is 0 Å². The predicted octanol–water partition coefficient (Wildman–Crippen LogP) is 3.25. The van der Waals surface area contributed by atoms with E-state index in [1.165, 1.54) is 25.7 Å². The molecule has 2 rings (SSSR count). The van der Waals surface area contributed by atoms with Crippen molar-refractivity contribution in [3.63, 3.8) is 0 Å². The Kier molecular flexibility index (Phi) is 6.14. The van der Waals surface area contributed by atoms with Crippen LogP contribution in [0.5, 0.6) is 5.75 Å². The second kappa shape index (κ2) is 7.87. The molecule has 1 saturated carbocycles. The molecule has 2 atom stereocenters. The van der Waals surface area contributed by atoms with Crippen molar-refractivity contribution in [2.24, 2.45) is 5.92 Å². The van der Waals surface area contributed by atoms with E-state index in [2.05, 4.69) is 12.2 Å². The molecular weight excluding hydrogens is 274 g/mol. The summed E-state index contributed by atoms with van der Waals surface area (Å²) in [7, 11) is 0. The van der Waals surface area contributed by atoms with Crippen molar-refractivity contribution >= 4 is 11.6 Å². The van der Waals surface area contributed by atoms with Gasteiger partial charge in [0, 0.05) is 17.6 Å². The number of hydrogen-bond acceptors (Lipinski definition) is 3. The second-order valence-corrected chi connectivity index (χ2v) is 6.10. The van der Waals surface area contributed by atoms with Gasteiger partial charge in [-0.15, -0.1) is 0 Å². The molecule has 4 heteroatoms. The minimum atomic E-state index is -0.491. The van der Waals surface area contributed by atoms with Gasteiger partial charge in [0.05, 0.1) is 0 Å². The third-order valence-electron chi connectivity index (χ3n) is 4.04. The second-order valence-electron chi connectivity index (χ2n) is 5.66. The van der Waals surface area contributed by atoms with E-state index >= 15 is 0 Å². The van der Waals surface area contributed by atoms with E-state index in [0.717, 1.165) is 11.7 Å². The van der Waals surface area contributed by atoms with E-state index in [4.69, 9.17) is 16.3 Å². The molecule has 0 spiro atoms. The highest BCUT2D eigenvalue weighted by molar-refractivity contribution is 6.30. The summed E-state index contributed by atoms with van der Waals surface area (Å²) in [6, 6.07) is 7.66. The van der Waals surface area contributed by atoms with E-state index in [1.54, 1.807) is 12.1 Å². The molecule has 0 bridgehead atoms. The molecule has 2 unspecified atom stereocenters. The molecule has 0 aromatic heterocycles. The Labute approximate surface area is 126 Å². The maximum absolute atomic E-state index is 9.94. The fourth-order valence-electron chi connectivity index (χ4n) is 2.73. The summed E-state index contributed by atoms with van der Waals surface area (Å²) < 4.78 is 5.53. The maximum atomic E-state index is 9.94. The van der Waals surface area contributed by atoms with Gasteiger partial charge in [0.1, 0.15) is 18.5 Å². The zero-order valence-corrected chi connectivity index (χ0v) is 12.8. The molecule has 1 fully saturated rings. The average molecular weight is 298 g/mol. The topological polar surface area (TPSA) is 41.5 Å². The molecule has 1 aliphatic carbocycles. The van der Waals surface area contributed by atoms with Crippen LogP contribution in [0.3, 0.4) is 0 Å². The molecular formula is C16H24ClNO2. The Hall–Kier alpha value is -0.770. The lowest BCUT2D eigenvalue weighted by atomic mass is 10.00. The van der Waals surface area contributed by atoms with Gasteiger partial charge in [-0.05, 0) is 49.9 Å². The van der Waals surface area contributed by atoms with Gasteiger partial charge in [0.25, 0.3) is 0 Å². The largest absolute Gasteiger partial charge is 0.491 e. The van der Waals surface area contributed by atoms with Crippen molar-refractivity contribution in [1.82, 2.24) is 5.32 Å². The molecule has 1 aromatic carbocycles. The van der Waals surface area contributed by atoms with Gasteiger partial charge >= 0.3 is 0 Å². The number of aliphatic hydroxyl groups excluding tert-OH is 1. The van der Waals surface area contributed by atoms with Gasteiger partial charge in [-0.25, -0.2) is 0 Å². The highest BCUT2D eigenvalue weighted by Gasteiger charge is 2.21. The van der Waals surface area contributed by atoms with Gasteiger partial charge in [0.2, 0.25) is 0 Å². The molecule has 112 valence electrons. The minimum Gasteiger partial charge on any atom is -0.491 e. The van der Waals surface area contributed by atoms with Gasteiger partial charge in [0.15, 0.2) is 0 Å². The molecule has 1 aliphatic rings. The lowest BCUT2D eigenvalue weighted by molar-refractivity contribution is 0.102. The SMILES string of the molecule is CC(NCC(O)COc1ccc(Cl)cc1)C1CCCC1. The first-order valence-electron chi connectivity index (χ1n) is 7.45. The molecule has 20 heavy (non-hydrogen) atoms. The molecule has 3 nitrogen and oxygen atoms in total.